The molecule has 0 N–H and O–H groups in total. The number of hydrogen-bond acceptors (Lipinski definition) is 6. The summed E-state index contributed by atoms with van der Waals surface area (Å²) in [6.07, 6.45) is 8.41. The molecule has 1 saturated heterocycles. The van der Waals surface area contributed by atoms with E-state index in [2.05, 4.69) is 13.6 Å². The van der Waals surface area contributed by atoms with Gasteiger partial charge in [0.2, 0.25) is 0 Å². The van der Waals surface area contributed by atoms with Gasteiger partial charge in [-0.25, -0.2) is 4.98 Å². The van der Waals surface area contributed by atoms with Gasteiger partial charge in [-0.2, -0.15) is 8.75 Å². The lowest BCUT2D eigenvalue weighted by Crippen LogP contribution is -2.34. The first-order valence-electron chi connectivity index (χ1n) is 9.38. The Kier molecular flexibility index (Phi) is 3.96. The maximum absolute atomic E-state index is 13.4. The van der Waals surface area contributed by atoms with E-state index in [4.69, 9.17) is 4.98 Å². The molecule has 2 fully saturated rings. The van der Waals surface area contributed by atoms with Gasteiger partial charge < -0.3 is 4.90 Å². The first-order chi connectivity index (χ1) is 12.8. The maximum Gasteiger partial charge on any atom is 0.261 e. The second kappa shape index (κ2) is 6.46. The maximum atomic E-state index is 13.4. The number of anilines is 1. The van der Waals surface area contributed by atoms with E-state index >= 15 is 0 Å². The fraction of sp³-hybridized carbons (Fsp3) is 0.474. The lowest BCUT2D eigenvalue weighted by molar-refractivity contribution is 0.454. The van der Waals surface area contributed by atoms with Gasteiger partial charge in [-0.05, 0) is 37.8 Å². The predicted molar refractivity (Wildman–Crippen MR) is 103 cm³/mol. The molecule has 0 bridgehead atoms. The van der Waals surface area contributed by atoms with Crippen LogP contribution < -0.4 is 10.5 Å². The molecule has 3 heterocycles. The zero-order valence-corrected chi connectivity index (χ0v) is 15.4. The van der Waals surface area contributed by atoms with Crippen LogP contribution in [0.4, 0.5) is 5.82 Å². The van der Waals surface area contributed by atoms with E-state index < -0.39 is 0 Å². The predicted octanol–water partition coefficient (Wildman–Crippen LogP) is 3.70. The van der Waals surface area contributed by atoms with Crippen LogP contribution in [0.2, 0.25) is 0 Å². The second-order valence-corrected chi connectivity index (χ2v) is 7.77. The summed E-state index contributed by atoms with van der Waals surface area (Å²) in [7, 11) is 0. The summed E-state index contributed by atoms with van der Waals surface area (Å²) >= 11 is 1.23. The molecule has 1 aliphatic heterocycles. The molecular formula is C19H21N5OS. The van der Waals surface area contributed by atoms with Gasteiger partial charge in [0.1, 0.15) is 5.82 Å². The highest BCUT2D eigenvalue weighted by Gasteiger charge is 2.34. The molecule has 0 amide bonds. The smallest absolute Gasteiger partial charge is 0.261 e. The topological polar surface area (TPSA) is 63.9 Å². The Bertz CT molecular complexity index is 977. The van der Waals surface area contributed by atoms with Crippen LogP contribution in [0.3, 0.4) is 0 Å². The van der Waals surface area contributed by atoms with Crippen LogP contribution >= 0.6 is 11.7 Å². The summed E-state index contributed by atoms with van der Waals surface area (Å²) in [5.74, 6) is 1.81. The van der Waals surface area contributed by atoms with Gasteiger partial charge in [-0.1, -0.05) is 25.0 Å². The van der Waals surface area contributed by atoms with Gasteiger partial charge in [0, 0.05) is 12.6 Å². The van der Waals surface area contributed by atoms with Crippen molar-refractivity contribution in [1.82, 2.24) is 18.3 Å². The van der Waals surface area contributed by atoms with Crippen molar-refractivity contribution in [2.75, 3.05) is 11.4 Å². The second-order valence-electron chi connectivity index (χ2n) is 7.22. The minimum Gasteiger partial charge on any atom is -0.344 e. The molecular weight excluding hydrogens is 346 g/mol. The Morgan fingerprint density at radius 3 is 2.73 bits per heavy atom. The first kappa shape index (κ1) is 15.9. The molecule has 0 radical (unpaired) electrons. The number of benzene rings is 1. The van der Waals surface area contributed by atoms with Crippen molar-refractivity contribution in [2.45, 2.75) is 50.6 Å². The van der Waals surface area contributed by atoms with E-state index in [9.17, 15) is 4.79 Å². The quantitative estimate of drug-likeness (QED) is 0.706. The minimum atomic E-state index is 0.0943. The summed E-state index contributed by atoms with van der Waals surface area (Å²) in [5.41, 5.74) is 0.908. The van der Waals surface area contributed by atoms with Crippen molar-refractivity contribution >= 4 is 28.4 Å². The number of para-hydroxylation sites is 1. The van der Waals surface area contributed by atoms with E-state index in [1.807, 2.05) is 35.0 Å². The van der Waals surface area contributed by atoms with Crippen LogP contribution in [0.15, 0.2) is 35.3 Å². The Hall–Kier alpha value is -2.28. The van der Waals surface area contributed by atoms with E-state index in [1.165, 1.54) is 24.6 Å². The van der Waals surface area contributed by atoms with Crippen LogP contribution in [0, 0.1) is 0 Å². The Balaban J connectivity index is 1.70. The summed E-state index contributed by atoms with van der Waals surface area (Å²) < 4.78 is 10.6. The van der Waals surface area contributed by atoms with E-state index in [0.29, 0.717) is 0 Å². The minimum absolute atomic E-state index is 0.0943. The standard InChI is InChI=1S/C19H21N5OS/c25-19-14-8-3-4-9-15(14)21-18(24(19)13-6-1-2-7-13)16-10-5-11-23(16)17-12-20-26-22-17/h3-4,8-9,12-13,16H,1-2,5-7,10-11H2. The first-order valence-corrected chi connectivity index (χ1v) is 10.1. The molecule has 2 aliphatic rings. The van der Waals surface area contributed by atoms with Crippen LogP contribution in [0.1, 0.15) is 56.4 Å². The van der Waals surface area contributed by atoms with Gasteiger partial charge >= 0.3 is 0 Å². The van der Waals surface area contributed by atoms with Crippen molar-refractivity contribution < 1.29 is 0 Å². The molecule has 6 nitrogen and oxygen atoms in total. The molecule has 26 heavy (non-hydrogen) atoms. The zero-order chi connectivity index (χ0) is 17.5. The average molecular weight is 367 g/mol. The molecule has 134 valence electrons. The largest absolute Gasteiger partial charge is 0.344 e. The van der Waals surface area contributed by atoms with Gasteiger partial charge in [0.25, 0.3) is 5.56 Å². The number of nitrogens with zero attached hydrogens (tertiary/aromatic N) is 5. The third-order valence-corrected chi connectivity index (χ3v) is 6.19. The van der Waals surface area contributed by atoms with Crippen LogP contribution in [0.5, 0.6) is 0 Å². The van der Waals surface area contributed by atoms with Crippen molar-refractivity contribution in [3.05, 3.63) is 46.6 Å². The molecule has 2 aromatic heterocycles. The fourth-order valence-corrected chi connectivity index (χ4v) is 4.93. The zero-order valence-electron chi connectivity index (χ0n) is 14.5. The normalized spacial score (nSPS) is 21.1. The summed E-state index contributed by atoms with van der Waals surface area (Å²) in [6, 6.07) is 8.09. The highest BCUT2D eigenvalue weighted by molar-refractivity contribution is 6.99. The van der Waals surface area contributed by atoms with Crippen LogP contribution in [-0.4, -0.2) is 24.8 Å². The van der Waals surface area contributed by atoms with Gasteiger partial charge in [0.05, 0.1) is 34.9 Å². The van der Waals surface area contributed by atoms with E-state index in [1.54, 1.807) is 0 Å². The summed E-state index contributed by atoms with van der Waals surface area (Å²) in [4.78, 5) is 20.6. The number of hydrogen-bond donors (Lipinski definition) is 0. The molecule has 5 rings (SSSR count). The van der Waals surface area contributed by atoms with Crippen LogP contribution in [0.25, 0.3) is 10.9 Å². The number of aromatic nitrogens is 4. The van der Waals surface area contributed by atoms with Gasteiger partial charge in [-0.3, -0.25) is 9.36 Å². The van der Waals surface area contributed by atoms with Crippen molar-refractivity contribution in [1.29, 1.82) is 0 Å². The third-order valence-electron chi connectivity index (χ3n) is 5.72. The summed E-state index contributed by atoms with van der Waals surface area (Å²) in [5, 5.41) is 0.725. The lowest BCUT2D eigenvalue weighted by Gasteiger charge is -2.28. The molecule has 1 unspecified atom stereocenters. The fourth-order valence-electron chi connectivity index (χ4n) is 4.51. The van der Waals surface area contributed by atoms with Crippen molar-refractivity contribution in [2.24, 2.45) is 0 Å². The molecule has 3 aromatic rings. The highest BCUT2D eigenvalue weighted by atomic mass is 32.1. The van der Waals surface area contributed by atoms with E-state index in [-0.39, 0.29) is 17.6 Å². The Labute approximate surface area is 155 Å². The molecule has 1 saturated carbocycles. The third kappa shape index (κ3) is 2.53. The SMILES string of the molecule is O=c1c2ccccc2nc(C2CCCN2c2cnsn2)n1C1CCCC1. The van der Waals surface area contributed by atoms with Crippen molar-refractivity contribution in [3.63, 3.8) is 0 Å². The molecule has 1 aliphatic carbocycles. The molecule has 1 atom stereocenters. The number of fused-ring (bicyclic) bond motifs is 1. The lowest BCUT2D eigenvalue weighted by atomic mass is 10.1. The molecule has 1 aromatic carbocycles. The van der Waals surface area contributed by atoms with E-state index in [0.717, 1.165) is 54.8 Å². The number of rotatable bonds is 3. The monoisotopic (exact) mass is 367 g/mol. The Morgan fingerprint density at radius 1 is 1.08 bits per heavy atom. The molecule has 7 heteroatoms. The average Bonchev–Trinajstić information content (AvgIpc) is 3.42. The highest BCUT2D eigenvalue weighted by Crippen LogP contribution is 2.37. The van der Waals surface area contributed by atoms with Gasteiger partial charge in [0.15, 0.2) is 5.82 Å². The van der Waals surface area contributed by atoms with Crippen LogP contribution in [-0.2, 0) is 0 Å². The van der Waals surface area contributed by atoms with Crippen molar-refractivity contribution in [3.8, 4) is 0 Å². The molecule has 0 spiro atoms. The van der Waals surface area contributed by atoms with Gasteiger partial charge in [-0.15, -0.1) is 0 Å². The Morgan fingerprint density at radius 2 is 1.92 bits per heavy atom. The summed E-state index contributed by atoms with van der Waals surface area (Å²) in [6.45, 7) is 0.934.